The average molecular weight is 210 g/mol. The Hall–Kier alpha value is -1.42. The quantitative estimate of drug-likeness (QED) is 0.641. The standard InChI is InChI=1S/C11H18N2O2/c1-8(7-14)6-13-9-4-3-5-10(15-2)11(9)12/h3-5,8,13-14H,6-7,12H2,1-2H3. The molecule has 4 heteroatoms. The molecule has 0 saturated heterocycles. The fourth-order valence-electron chi connectivity index (χ4n) is 1.22. The van der Waals surface area contributed by atoms with Crippen molar-refractivity contribution in [2.75, 3.05) is 31.3 Å². The van der Waals surface area contributed by atoms with E-state index in [-0.39, 0.29) is 12.5 Å². The largest absolute Gasteiger partial charge is 0.495 e. The maximum atomic E-state index is 8.89. The zero-order chi connectivity index (χ0) is 11.3. The third-order valence-electron chi connectivity index (χ3n) is 2.24. The van der Waals surface area contributed by atoms with Gasteiger partial charge in [-0.2, -0.15) is 0 Å². The van der Waals surface area contributed by atoms with Gasteiger partial charge in [0.1, 0.15) is 5.75 Å². The summed E-state index contributed by atoms with van der Waals surface area (Å²) in [4.78, 5) is 0. The van der Waals surface area contributed by atoms with Crippen LogP contribution in [0.2, 0.25) is 0 Å². The number of para-hydroxylation sites is 1. The fraction of sp³-hybridized carbons (Fsp3) is 0.455. The summed E-state index contributed by atoms with van der Waals surface area (Å²) in [6.07, 6.45) is 0. The predicted octanol–water partition coefficient (Wildman–Crippen LogP) is 1.32. The maximum absolute atomic E-state index is 8.89. The number of nitrogens with two attached hydrogens (primary N) is 1. The van der Waals surface area contributed by atoms with Crippen LogP contribution in [0.1, 0.15) is 6.92 Å². The molecule has 1 atom stereocenters. The van der Waals surface area contributed by atoms with Crippen molar-refractivity contribution < 1.29 is 9.84 Å². The van der Waals surface area contributed by atoms with E-state index in [0.29, 0.717) is 18.0 Å². The summed E-state index contributed by atoms with van der Waals surface area (Å²) in [7, 11) is 1.59. The van der Waals surface area contributed by atoms with Crippen LogP contribution in [0.4, 0.5) is 11.4 Å². The lowest BCUT2D eigenvalue weighted by Crippen LogP contribution is -2.15. The molecule has 15 heavy (non-hydrogen) atoms. The molecule has 1 aromatic rings. The Morgan fingerprint density at radius 1 is 1.53 bits per heavy atom. The number of ether oxygens (including phenoxy) is 1. The van der Waals surface area contributed by atoms with E-state index in [9.17, 15) is 0 Å². The number of aliphatic hydroxyl groups excluding tert-OH is 1. The lowest BCUT2D eigenvalue weighted by molar-refractivity contribution is 0.244. The lowest BCUT2D eigenvalue weighted by atomic mass is 10.2. The molecule has 0 aliphatic heterocycles. The van der Waals surface area contributed by atoms with Gasteiger partial charge in [0.05, 0.1) is 18.5 Å². The fourth-order valence-corrected chi connectivity index (χ4v) is 1.22. The Balaban J connectivity index is 2.68. The van der Waals surface area contributed by atoms with Crippen molar-refractivity contribution in [3.8, 4) is 5.75 Å². The van der Waals surface area contributed by atoms with Crippen molar-refractivity contribution in [1.29, 1.82) is 0 Å². The Bertz CT molecular complexity index is 315. The van der Waals surface area contributed by atoms with E-state index in [1.807, 2.05) is 25.1 Å². The van der Waals surface area contributed by atoms with E-state index in [2.05, 4.69) is 5.32 Å². The number of hydrogen-bond donors (Lipinski definition) is 3. The van der Waals surface area contributed by atoms with E-state index >= 15 is 0 Å². The molecule has 0 bridgehead atoms. The van der Waals surface area contributed by atoms with Crippen LogP contribution in [0, 0.1) is 5.92 Å². The van der Waals surface area contributed by atoms with Gasteiger partial charge in [0.15, 0.2) is 0 Å². The number of aliphatic hydroxyl groups is 1. The van der Waals surface area contributed by atoms with Crippen molar-refractivity contribution in [3.63, 3.8) is 0 Å². The van der Waals surface area contributed by atoms with Gasteiger partial charge in [-0.15, -0.1) is 0 Å². The van der Waals surface area contributed by atoms with Gasteiger partial charge in [0.25, 0.3) is 0 Å². The van der Waals surface area contributed by atoms with Gasteiger partial charge < -0.3 is 20.9 Å². The van der Waals surface area contributed by atoms with E-state index in [1.165, 1.54) is 0 Å². The minimum atomic E-state index is 0.164. The summed E-state index contributed by atoms with van der Waals surface area (Å²) < 4.78 is 5.10. The van der Waals surface area contributed by atoms with E-state index in [0.717, 1.165) is 5.69 Å². The number of hydrogen-bond acceptors (Lipinski definition) is 4. The normalized spacial score (nSPS) is 12.2. The van der Waals surface area contributed by atoms with E-state index < -0.39 is 0 Å². The highest BCUT2D eigenvalue weighted by atomic mass is 16.5. The van der Waals surface area contributed by atoms with Crippen molar-refractivity contribution >= 4 is 11.4 Å². The van der Waals surface area contributed by atoms with Gasteiger partial charge in [-0.1, -0.05) is 13.0 Å². The second-order valence-electron chi connectivity index (χ2n) is 3.59. The third kappa shape index (κ3) is 3.02. The molecule has 1 aromatic carbocycles. The molecule has 0 aromatic heterocycles. The molecule has 0 heterocycles. The molecule has 0 spiro atoms. The number of nitrogens with one attached hydrogen (secondary N) is 1. The summed E-state index contributed by atoms with van der Waals surface area (Å²) in [5.41, 5.74) is 7.32. The molecule has 0 saturated carbocycles. The first-order valence-corrected chi connectivity index (χ1v) is 4.96. The van der Waals surface area contributed by atoms with Crippen LogP contribution in [0.5, 0.6) is 5.75 Å². The molecule has 0 amide bonds. The van der Waals surface area contributed by atoms with Crippen LogP contribution in [-0.4, -0.2) is 25.4 Å². The molecule has 1 rings (SSSR count). The van der Waals surface area contributed by atoms with Gasteiger partial charge in [0, 0.05) is 13.2 Å². The Morgan fingerprint density at radius 3 is 2.87 bits per heavy atom. The summed E-state index contributed by atoms with van der Waals surface area (Å²) in [6.45, 7) is 2.81. The summed E-state index contributed by atoms with van der Waals surface area (Å²) >= 11 is 0. The molecule has 4 nitrogen and oxygen atoms in total. The average Bonchev–Trinajstić information content (AvgIpc) is 2.27. The van der Waals surface area contributed by atoms with Gasteiger partial charge in [0.2, 0.25) is 0 Å². The Morgan fingerprint density at radius 2 is 2.27 bits per heavy atom. The molecule has 0 radical (unpaired) electrons. The predicted molar refractivity (Wildman–Crippen MR) is 62.1 cm³/mol. The summed E-state index contributed by atoms with van der Waals surface area (Å²) in [6, 6.07) is 5.58. The molecule has 4 N–H and O–H groups in total. The Kier molecular flexibility index (Phi) is 4.24. The summed E-state index contributed by atoms with van der Waals surface area (Å²) in [5.74, 6) is 0.868. The molecule has 0 aliphatic carbocycles. The molecule has 0 fully saturated rings. The second-order valence-corrected chi connectivity index (χ2v) is 3.59. The van der Waals surface area contributed by atoms with Crippen molar-refractivity contribution in [2.24, 2.45) is 5.92 Å². The number of anilines is 2. The van der Waals surface area contributed by atoms with Crippen LogP contribution in [0.25, 0.3) is 0 Å². The second kappa shape index (κ2) is 5.46. The van der Waals surface area contributed by atoms with Crippen LogP contribution in [0.3, 0.4) is 0 Å². The van der Waals surface area contributed by atoms with Crippen LogP contribution >= 0.6 is 0 Å². The first-order chi connectivity index (χ1) is 7.19. The van der Waals surface area contributed by atoms with Gasteiger partial charge in [-0.05, 0) is 18.1 Å². The van der Waals surface area contributed by atoms with Gasteiger partial charge in [-0.25, -0.2) is 0 Å². The van der Waals surface area contributed by atoms with Crippen LogP contribution in [-0.2, 0) is 0 Å². The first-order valence-electron chi connectivity index (χ1n) is 4.96. The van der Waals surface area contributed by atoms with Gasteiger partial charge in [-0.3, -0.25) is 0 Å². The molecule has 1 unspecified atom stereocenters. The van der Waals surface area contributed by atoms with Gasteiger partial charge >= 0.3 is 0 Å². The van der Waals surface area contributed by atoms with Crippen molar-refractivity contribution in [2.45, 2.75) is 6.92 Å². The maximum Gasteiger partial charge on any atom is 0.143 e. The minimum Gasteiger partial charge on any atom is -0.495 e. The van der Waals surface area contributed by atoms with E-state index in [4.69, 9.17) is 15.6 Å². The first kappa shape index (κ1) is 11.7. The smallest absolute Gasteiger partial charge is 0.143 e. The monoisotopic (exact) mass is 210 g/mol. The molecular formula is C11H18N2O2. The number of methoxy groups -OCH3 is 1. The topological polar surface area (TPSA) is 67.5 Å². The Labute approximate surface area is 90.1 Å². The number of rotatable bonds is 5. The minimum absolute atomic E-state index is 0.164. The zero-order valence-corrected chi connectivity index (χ0v) is 9.16. The highest BCUT2D eigenvalue weighted by Crippen LogP contribution is 2.28. The van der Waals surface area contributed by atoms with Crippen molar-refractivity contribution in [3.05, 3.63) is 18.2 Å². The highest BCUT2D eigenvalue weighted by molar-refractivity contribution is 5.72. The zero-order valence-electron chi connectivity index (χ0n) is 9.16. The third-order valence-corrected chi connectivity index (χ3v) is 2.24. The highest BCUT2D eigenvalue weighted by Gasteiger charge is 2.05. The molecule has 84 valence electrons. The number of benzene rings is 1. The van der Waals surface area contributed by atoms with Crippen molar-refractivity contribution in [1.82, 2.24) is 0 Å². The van der Waals surface area contributed by atoms with Crippen LogP contribution in [0.15, 0.2) is 18.2 Å². The molecule has 0 aliphatic rings. The van der Waals surface area contributed by atoms with E-state index in [1.54, 1.807) is 7.11 Å². The lowest BCUT2D eigenvalue weighted by Gasteiger charge is -2.14. The SMILES string of the molecule is COc1cccc(NCC(C)CO)c1N. The van der Waals surface area contributed by atoms with Crippen LogP contribution < -0.4 is 15.8 Å². The number of nitrogen functional groups attached to an aromatic ring is 1. The molecular weight excluding hydrogens is 192 g/mol. The summed E-state index contributed by atoms with van der Waals surface area (Å²) in [5, 5.41) is 12.1.